The number of ether oxygens (including phenoxy) is 1. The van der Waals surface area contributed by atoms with E-state index in [0.717, 1.165) is 37.4 Å². The summed E-state index contributed by atoms with van der Waals surface area (Å²) in [5.74, 6) is -1.58. The average Bonchev–Trinajstić information content (AvgIpc) is 2.81. The van der Waals surface area contributed by atoms with Gasteiger partial charge in [-0.15, -0.1) is 0 Å². The minimum Gasteiger partial charge on any atom is -0.461 e. The van der Waals surface area contributed by atoms with E-state index in [2.05, 4.69) is 14.9 Å². The zero-order chi connectivity index (χ0) is 24.4. The lowest BCUT2D eigenvalue weighted by Crippen LogP contribution is -2.43. The zero-order valence-electron chi connectivity index (χ0n) is 19.0. The van der Waals surface area contributed by atoms with E-state index >= 15 is 0 Å². The summed E-state index contributed by atoms with van der Waals surface area (Å²) in [7, 11) is -4.00. The minimum absolute atomic E-state index is 0.140. The third kappa shape index (κ3) is 7.92. The number of benzene rings is 2. The van der Waals surface area contributed by atoms with Crippen molar-refractivity contribution in [2.24, 2.45) is 0 Å². The SMILES string of the molecule is CCC(NS(=O)(=O)c1ccc(F)cc1)C(=O)Nc1ccc(C(=O)OCCN(CC)CC)cc1. The Morgan fingerprint density at radius 1 is 1.00 bits per heavy atom. The first-order chi connectivity index (χ1) is 15.7. The lowest BCUT2D eigenvalue weighted by atomic mass is 10.2. The second kappa shape index (κ2) is 12.4. The first-order valence-electron chi connectivity index (χ1n) is 10.8. The van der Waals surface area contributed by atoms with Crippen LogP contribution in [-0.2, 0) is 19.6 Å². The quantitative estimate of drug-likeness (QED) is 0.454. The Morgan fingerprint density at radius 2 is 1.61 bits per heavy atom. The molecule has 0 aromatic heterocycles. The molecule has 33 heavy (non-hydrogen) atoms. The molecule has 1 unspecified atom stereocenters. The van der Waals surface area contributed by atoms with Crippen LogP contribution in [0.15, 0.2) is 53.4 Å². The van der Waals surface area contributed by atoms with Crippen LogP contribution in [0.3, 0.4) is 0 Å². The van der Waals surface area contributed by atoms with Gasteiger partial charge in [-0.2, -0.15) is 4.72 Å². The van der Waals surface area contributed by atoms with Crippen molar-refractivity contribution in [3.8, 4) is 0 Å². The van der Waals surface area contributed by atoms with Gasteiger partial charge in [0.15, 0.2) is 0 Å². The number of hydrogen-bond donors (Lipinski definition) is 2. The largest absolute Gasteiger partial charge is 0.461 e. The van der Waals surface area contributed by atoms with E-state index in [4.69, 9.17) is 4.74 Å². The number of sulfonamides is 1. The van der Waals surface area contributed by atoms with Crippen LogP contribution >= 0.6 is 0 Å². The highest BCUT2D eigenvalue weighted by atomic mass is 32.2. The van der Waals surface area contributed by atoms with Gasteiger partial charge < -0.3 is 15.0 Å². The van der Waals surface area contributed by atoms with Gasteiger partial charge in [-0.05, 0) is 68.0 Å². The Morgan fingerprint density at radius 3 is 2.15 bits per heavy atom. The predicted molar refractivity (Wildman–Crippen MR) is 124 cm³/mol. The molecule has 0 saturated heterocycles. The van der Waals surface area contributed by atoms with E-state index < -0.39 is 33.8 Å². The molecule has 0 radical (unpaired) electrons. The molecule has 2 N–H and O–H groups in total. The second-order valence-electron chi connectivity index (χ2n) is 7.27. The fraction of sp³-hybridized carbons (Fsp3) is 0.391. The first-order valence-corrected chi connectivity index (χ1v) is 12.3. The van der Waals surface area contributed by atoms with E-state index in [1.54, 1.807) is 19.1 Å². The highest BCUT2D eigenvalue weighted by molar-refractivity contribution is 7.89. The normalized spacial score (nSPS) is 12.4. The Hall–Kier alpha value is -2.82. The number of nitrogens with one attached hydrogen (secondary N) is 2. The molecule has 1 atom stereocenters. The molecule has 0 aliphatic rings. The molecule has 10 heteroatoms. The summed E-state index contributed by atoms with van der Waals surface area (Å²) in [4.78, 5) is 26.8. The van der Waals surface area contributed by atoms with Crippen molar-refractivity contribution in [3.05, 3.63) is 59.9 Å². The fourth-order valence-corrected chi connectivity index (χ4v) is 4.28. The van der Waals surface area contributed by atoms with Gasteiger partial charge in [0.25, 0.3) is 0 Å². The van der Waals surface area contributed by atoms with Crippen molar-refractivity contribution >= 4 is 27.6 Å². The van der Waals surface area contributed by atoms with Gasteiger partial charge in [0.1, 0.15) is 18.5 Å². The number of carbonyl (C=O) groups is 2. The molecule has 0 fully saturated rings. The van der Waals surface area contributed by atoms with Crippen LogP contribution in [0.25, 0.3) is 0 Å². The fourth-order valence-electron chi connectivity index (χ4n) is 3.00. The van der Waals surface area contributed by atoms with Gasteiger partial charge in [-0.1, -0.05) is 20.8 Å². The van der Waals surface area contributed by atoms with Gasteiger partial charge in [0.2, 0.25) is 15.9 Å². The first kappa shape index (κ1) is 26.4. The monoisotopic (exact) mass is 479 g/mol. The zero-order valence-corrected chi connectivity index (χ0v) is 19.8. The van der Waals surface area contributed by atoms with E-state index in [1.807, 2.05) is 13.8 Å². The Bertz CT molecular complexity index is 1020. The number of amides is 1. The molecule has 180 valence electrons. The summed E-state index contributed by atoms with van der Waals surface area (Å²) in [6.45, 7) is 8.42. The number of hydrogen-bond acceptors (Lipinski definition) is 6. The van der Waals surface area contributed by atoms with Gasteiger partial charge in [0.05, 0.1) is 10.5 Å². The van der Waals surface area contributed by atoms with Crippen LogP contribution in [0.5, 0.6) is 0 Å². The lowest BCUT2D eigenvalue weighted by molar-refractivity contribution is -0.117. The van der Waals surface area contributed by atoms with Crippen LogP contribution in [0.1, 0.15) is 37.6 Å². The van der Waals surface area contributed by atoms with Crippen LogP contribution in [0.4, 0.5) is 10.1 Å². The Labute approximate surface area is 194 Å². The van der Waals surface area contributed by atoms with E-state index in [0.29, 0.717) is 17.8 Å². The molecule has 1 amide bonds. The van der Waals surface area contributed by atoms with Crippen LogP contribution in [-0.4, -0.2) is 57.5 Å². The van der Waals surface area contributed by atoms with Crippen molar-refractivity contribution in [2.75, 3.05) is 31.6 Å². The van der Waals surface area contributed by atoms with Crippen molar-refractivity contribution in [3.63, 3.8) is 0 Å². The Kier molecular flexibility index (Phi) is 9.95. The summed E-state index contributed by atoms with van der Waals surface area (Å²) < 4.78 is 45.6. The number of carbonyl (C=O) groups excluding carboxylic acids is 2. The van der Waals surface area contributed by atoms with E-state index in [-0.39, 0.29) is 17.9 Å². The van der Waals surface area contributed by atoms with Crippen molar-refractivity contribution in [1.82, 2.24) is 9.62 Å². The standard InChI is InChI=1S/C23H30FN3O5S/c1-4-21(26-33(30,31)20-13-9-18(24)10-14-20)22(28)25-19-11-7-17(8-12-19)23(29)32-16-15-27(5-2)6-3/h7-14,21,26H,4-6,15-16H2,1-3H3,(H,25,28). The summed E-state index contributed by atoms with van der Waals surface area (Å²) in [6, 6.07) is 9.42. The van der Waals surface area contributed by atoms with Gasteiger partial charge >= 0.3 is 5.97 Å². The number of nitrogens with zero attached hydrogens (tertiary/aromatic N) is 1. The third-order valence-corrected chi connectivity index (χ3v) is 6.56. The average molecular weight is 480 g/mol. The van der Waals surface area contributed by atoms with Gasteiger partial charge in [-0.25, -0.2) is 17.6 Å². The highest BCUT2D eigenvalue weighted by Crippen LogP contribution is 2.14. The molecule has 0 bridgehead atoms. The Balaban J connectivity index is 1.95. The molecule has 0 heterocycles. The van der Waals surface area contributed by atoms with E-state index in [9.17, 15) is 22.4 Å². The molecule has 0 aliphatic carbocycles. The maximum absolute atomic E-state index is 13.1. The topological polar surface area (TPSA) is 105 Å². The molecule has 0 aliphatic heterocycles. The van der Waals surface area contributed by atoms with Crippen LogP contribution in [0.2, 0.25) is 0 Å². The molecule has 2 rings (SSSR count). The smallest absolute Gasteiger partial charge is 0.338 e. The summed E-state index contributed by atoms with van der Waals surface area (Å²) >= 11 is 0. The maximum Gasteiger partial charge on any atom is 0.338 e. The van der Waals surface area contributed by atoms with Gasteiger partial charge in [-0.3, -0.25) is 4.79 Å². The number of esters is 1. The number of anilines is 1. The molecular weight excluding hydrogens is 449 g/mol. The lowest BCUT2D eigenvalue weighted by Gasteiger charge is -2.18. The summed E-state index contributed by atoms with van der Waals surface area (Å²) in [5.41, 5.74) is 0.746. The van der Waals surface area contributed by atoms with Crippen molar-refractivity contribution in [1.29, 1.82) is 0 Å². The molecular formula is C23H30FN3O5S. The van der Waals surface area contributed by atoms with Crippen molar-refractivity contribution < 1.29 is 27.1 Å². The van der Waals surface area contributed by atoms with Gasteiger partial charge in [0, 0.05) is 12.2 Å². The summed E-state index contributed by atoms with van der Waals surface area (Å²) in [5, 5.41) is 2.63. The van der Waals surface area contributed by atoms with E-state index in [1.165, 1.54) is 12.1 Å². The molecule has 0 spiro atoms. The minimum atomic E-state index is -4.00. The highest BCUT2D eigenvalue weighted by Gasteiger charge is 2.24. The van der Waals surface area contributed by atoms with Crippen LogP contribution in [0, 0.1) is 5.82 Å². The number of halogens is 1. The second-order valence-corrected chi connectivity index (χ2v) is 8.98. The molecule has 8 nitrogen and oxygen atoms in total. The maximum atomic E-state index is 13.1. The van der Waals surface area contributed by atoms with Crippen LogP contribution < -0.4 is 10.0 Å². The third-order valence-electron chi connectivity index (χ3n) is 5.07. The number of rotatable bonds is 12. The molecule has 2 aromatic rings. The predicted octanol–water partition coefficient (Wildman–Crippen LogP) is 3.02. The number of likely N-dealkylation sites (N-methyl/N-ethyl adjacent to an activating group) is 1. The molecule has 0 saturated carbocycles. The molecule has 2 aromatic carbocycles. The summed E-state index contributed by atoms with van der Waals surface area (Å²) in [6.07, 6.45) is 0.198. The van der Waals surface area contributed by atoms with Crippen molar-refractivity contribution in [2.45, 2.75) is 38.1 Å².